The minimum atomic E-state index is -3.26. The van der Waals surface area contributed by atoms with Gasteiger partial charge in [0.2, 0.25) is 0 Å². The van der Waals surface area contributed by atoms with E-state index in [1.165, 1.54) is 6.26 Å². The molecule has 0 bridgehead atoms. The number of sulfone groups is 1. The van der Waals surface area contributed by atoms with Gasteiger partial charge in [0.25, 0.3) is 0 Å². The van der Waals surface area contributed by atoms with Gasteiger partial charge in [-0.2, -0.15) is 5.26 Å². The molecular formula is C30H36ClN5O4S. The van der Waals surface area contributed by atoms with Crippen LogP contribution in [-0.4, -0.2) is 57.4 Å². The molecule has 1 fully saturated rings. The summed E-state index contributed by atoms with van der Waals surface area (Å²) in [5.41, 5.74) is 2.71. The van der Waals surface area contributed by atoms with Crippen molar-refractivity contribution in [1.82, 2.24) is 15.3 Å². The zero-order valence-corrected chi connectivity index (χ0v) is 25.5. The minimum absolute atomic E-state index is 0.208. The maximum atomic E-state index is 11.8. The van der Waals surface area contributed by atoms with Crippen molar-refractivity contribution >= 4 is 27.3 Å². The number of nitrogens with zero attached hydrogens (tertiary/aromatic N) is 4. The van der Waals surface area contributed by atoms with E-state index in [-0.39, 0.29) is 18.2 Å². The van der Waals surface area contributed by atoms with Crippen molar-refractivity contribution in [2.45, 2.75) is 45.0 Å². The van der Waals surface area contributed by atoms with E-state index < -0.39 is 15.3 Å². The molecule has 4 rings (SSSR count). The summed E-state index contributed by atoms with van der Waals surface area (Å²) >= 11 is 6.53. The Morgan fingerprint density at radius 2 is 1.83 bits per heavy atom. The van der Waals surface area contributed by atoms with Crippen LogP contribution in [0.3, 0.4) is 0 Å². The summed E-state index contributed by atoms with van der Waals surface area (Å²) in [4.78, 5) is 11.0. The van der Waals surface area contributed by atoms with E-state index in [4.69, 9.17) is 21.1 Å². The second-order valence-corrected chi connectivity index (χ2v) is 13.2. The highest BCUT2D eigenvalue weighted by Gasteiger charge is 2.26. The van der Waals surface area contributed by atoms with Crippen LogP contribution in [0.1, 0.15) is 55.3 Å². The number of ether oxygens (including phenoxy) is 2. The predicted octanol–water partition coefficient (Wildman–Crippen LogP) is 4.65. The van der Waals surface area contributed by atoms with Crippen molar-refractivity contribution in [2.24, 2.45) is 0 Å². The van der Waals surface area contributed by atoms with Crippen molar-refractivity contribution in [3.63, 3.8) is 0 Å². The second-order valence-electron chi connectivity index (χ2n) is 10.7. The average molecular weight is 598 g/mol. The largest absolute Gasteiger partial charge is 0.491 e. The highest BCUT2D eigenvalue weighted by atomic mass is 35.5. The molecule has 1 N–H and O–H groups in total. The second kappa shape index (κ2) is 13.1. The van der Waals surface area contributed by atoms with E-state index in [0.29, 0.717) is 34.5 Å². The minimum Gasteiger partial charge on any atom is -0.491 e. The number of halogens is 1. The molecule has 0 radical (unpaired) electrons. The number of anilines is 1. The first-order valence-corrected chi connectivity index (χ1v) is 16.0. The normalized spacial score (nSPS) is 14.0. The van der Waals surface area contributed by atoms with Crippen molar-refractivity contribution in [3.8, 4) is 17.6 Å². The Balaban J connectivity index is 1.52. The van der Waals surface area contributed by atoms with Gasteiger partial charge in [0.05, 0.1) is 22.8 Å². The average Bonchev–Trinajstić information content (AvgIpc) is 2.95. The van der Waals surface area contributed by atoms with Crippen LogP contribution in [0.25, 0.3) is 0 Å². The maximum absolute atomic E-state index is 11.8. The van der Waals surface area contributed by atoms with Gasteiger partial charge in [0, 0.05) is 44.0 Å². The number of nitrogens with one attached hydrogen (secondary N) is 1. The lowest BCUT2D eigenvalue weighted by molar-refractivity contribution is 0.305. The third-order valence-corrected chi connectivity index (χ3v) is 8.07. The predicted molar refractivity (Wildman–Crippen MR) is 161 cm³/mol. The van der Waals surface area contributed by atoms with Gasteiger partial charge in [-0.15, -0.1) is 0 Å². The van der Waals surface area contributed by atoms with Crippen LogP contribution in [0.2, 0.25) is 5.02 Å². The van der Waals surface area contributed by atoms with Crippen LogP contribution in [-0.2, 0) is 27.6 Å². The van der Waals surface area contributed by atoms with Crippen molar-refractivity contribution in [2.75, 3.05) is 43.9 Å². The lowest BCUT2D eigenvalue weighted by atomic mass is 9.77. The molecule has 0 saturated carbocycles. The lowest BCUT2D eigenvalue weighted by Crippen LogP contribution is -2.44. The molecule has 2 heterocycles. The Morgan fingerprint density at radius 1 is 1.12 bits per heavy atom. The number of hydrogen-bond donors (Lipinski definition) is 1. The molecule has 1 aromatic heterocycles. The van der Waals surface area contributed by atoms with E-state index in [1.54, 1.807) is 6.20 Å². The molecular weight excluding hydrogens is 562 g/mol. The number of benzene rings is 2. The van der Waals surface area contributed by atoms with Crippen molar-refractivity contribution < 1.29 is 17.9 Å². The van der Waals surface area contributed by atoms with E-state index in [2.05, 4.69) is 40.1 Å². The molecule has 218 valence electrons. The standard InChI is InChI=1S/C30H36ClN5O4S/c1-5-14-39-28-21(17-32)15-24(16-26(28)31)30(2,3)23-6-8-25(9-7-23)40-19-22-18-34-27(20-41(4,37)38)35-29(22)36-12-10-33-11-13-36/h6-9,15-16,18,33H,5,10-14,19-20H2,1-4H3. The quantitative estimate of drug-likeness (QED) is 0.337. The fraction of sp³-hybridized carbons (Fsp3) is 0.433. The summed E-state index contributed by atoms with van der Waals surface area (Å²) in [6, 6.07) is 13.7. The summed E-state index contributed by atoms with van der Waals surface area (Å²) < 4.78 is 35.5. The van der Waals surface area contributed by atoms with E-state index in [1.807, 2.05) is 43.3 Å². The first-order chi connectivity index (χ1) is 19.5. The monoisotopic (exact) mass is 597 g/mol. The number of aromatic nitrogens is 2. The van der Waals surface area contributed by atoms with Crippen LogP contribution in [0.5, 0.6) is 11.5 Å². The highest BCUT2D eigenvalue weighted by Crippen LogP contribution is 2.38. The molecule has 2 aromatic carbocycles. The summed E-state index contributed by atoms with van der Waals surface area (Å²) in [6.07, 6.45) is 3.66. The fourth-order valence-corrected chi connectivity index (χ4v) is 5.56. The molecule has 3 aromatic rings. The van der Waals surface area contributed by atoms with Gasteiger partial charge in [-0.25, -0.2) is 18.4 Å². The zero-order valence-electron chi connectivity index (χ0n) is 23.9. The lowest BCUT2D eigenvalue weighted by Gasteiger charge is -2.30. The van der Waals surface area contributed by atoms with Gasteiger partial charge in [-0.05, 0) is 41.8 Å². The third-order valence-electron chi connectivity index (χ3n) is 7.01. The molecule has 1 saturated heterocycles. The van der Waals surface area contributed by atoms with Crippen LogP contribution in [0, 0.1) is 11.3 Å². The Morgan fingerprint density at radius 3 is 2.46 bits per heavy atom. The van der Waals surface area contributed by atoms with Crippen molar-refractivity contribution in [1.29, 1.82) is 5.26 Å². The summed E-state index contributed by atoms with van der Waals surface area (Å²) in [6.45, 7) is 10.0. The van der Waals surface area contributed by atoms with Gasteiger partial charge in [-0.3, -0.25) is 0 Å². The van der Waals surface area contributed by atoms with Gasteiger partial charge >= 0.3 is 0 Å². The summed E-state index contributed by atoms with van der Waals surface area (Å²) in [5.74, 6) is 1.87. The van der Waals surface area contributed by atoms with Gasteiger partial charge in [-0.1, -0.05) is 44.5 Å². The Hall–Kier alpha value is -3.39. The molecule has 1 aliphatic rings. The van der Waals surface area contributed by atoms with Crippen molar-refractivity contribution in [3.05, 3.63) is 75.7 Å². The molecule has 1 aliphatic heterocycles. The number of rotatable bonds is 11. The SMILES string of the molecule is CCCOc1c(Cl)cc(C(C)(C)c2ccc(OCc3cnc(CS(C)(=O)=O)nc3N3CCNCC3)cc2)cc1C#N. The number of nitriles is 1. The number of piperazine rings is 1. The summed E-state index contributed by atoms with van der Waals surface area (Å²) in [7, 11) is -3.26. The fourth-order valence-electron chi connectivity index (χ4n) is 4.67. The molecule has 0 atom stereocenters. The zero-order chi connectivity index (χ0) is 29.6. The first-order valence-electron chi connectivity index (χ1n) is 13.6. The smallest absolute Gasteiger partial charge is 0.155 e. The molecule has 0 amide bonds. The molecule has 9 nitrogen and oxygen atoms in total. The van der Waals surface area contributed by atoms with Gasteiger partial charge in [0.1, 0.15) is 35.8 Å². The van der Waals surface area contributed by atoms with Crippen LogP contribution >= 0.6 is 11.6 Å². The van der Waals surface area contributed by atoms with E-state index in [9.17, 15) is 13.7 Å². The van der Waals surface area contributed by atoms with E-state index >= 15 is 0 Å². The topological polar surface area (TPSA) is 117 Å². The van der Waals surface area contributed by atoms with Crippen LogP contribution < -0.4 is 19.7 Å². The van der Waals surface area contributed by atoms with E-state index in [0.717, 1.165) is 49.3 Å². The van der Waals surface area contributed by atoms with Gasteiger partial charge < -0.3 is 19.7 Å². The Bertz CT molecular complexity index is 1520. The van der Waals surface area contributed by atoms with Crippen LogP contribution in [0.15, 0.2) is 42.6 Å². The van der Waals surface area contributed by atoms with Gasteiger partial charge in [0.15, 0.2) is 15.6 Å². The molecule has 0 unspecified atom stereocenters. The number of hydrogen-bond acceptors (Lipinski definition) is 9. The Kier molecular flexibility index (Phi) is 9.74. The summed E-state index contributed by atoms with van der Waals surface area (Å²) in [5, 5.41) is 13.5. The first kappa shape index (κ1) is 30.6. The van der Waals surface area contributed by atoms with Crippen LogP contribution in [0.4, 0.5) is 5.82 Å². The maximum Gasteiger partial charge on any atom is 0.155 e. The molecule has 11 heteroatoms. The Labute approximate surface area is 247 Å². The molecule has 41 heavy (non-hydrogen) atoms. The molecule has 0 aliphatic carbocycles. The highest BCUT2D eigenvalue weighted by molar-refractivity contribution is 7.89. The molecule has 0 spiro atoms. The third kappa shape index (κ3) is 7.67.